The van der Waals surface area contributed by atoms with Crippen LogP contribution in [-0.2, 0) is 9.47 Å². The zero-order chi connectivity index (χ0) is 23.2. The Bertz CT molecular complexity index is 1370. The molecule has 4 aromatic rings. The normalized spacial score (nSPS) is 22.2. The molecule has 10 nitrogen and oxygen atoms in total. The van der Waals surface area contributed by atoms with Crippen LogP contribution in [0.15, 0.2) is 36.8 Å². The van der Waals surface area contributed by atoms with E-state index in [-0.39, 0.29) is 24.1 Å². The molecule has 2 aliphatic rings. The number of hydrogen-bond donors (Lipinski definition) is 2. The molecule has 176 valence electrons. The van der Waals surface area contributed by atoms with Gasteiger partial charge in [-0.25, -0.2) is 9.97 Å². The fourth-order valence-electron chi connectivity index (χ4n) is 4.91. The van der Waals surface area contributed by atoms with E-state index in [1.165, 1.54) is 0 Å². The topological polar surface area (TPSA) is 108 Å². The number of ether oxygens (including phenoxy) is 2. The molecule has 0 radical (unpaired) electrons. The molecule has 6 rings (SSSR count). The van der Waals surface area contributed by atoms with E-state index in [1.54, 1.807) is 24.0 Å². The molecule has 0 bridgehead atoms. The molecule has 1 aliphatic heterocycles. The highest BCUT2D eigenvalue weighted by Gasteiger charge is 2.33. The predicted octanol–water partition coefficient (Wildman–Crippen LogP) is 2.66. The molecule has 2 N–H and O–H groups in total. The molecule has 0 spiro atoms. The fraction of sp³-hybridized carbons (Fsp3) is 0.417. The van der Waals surface area contributed by atoms with Gasteiger partial charge in [-0.3, -0.25) is 4.79 Å². The van der Waals surface area contributed by atoms with Gasteiger partial charge < -0.3 is 24.7 Å². The third kappa shape index (κ3) is 3.33. The van der Waals surface area contributed by atoms with Gasteiger partial charge in [0.05, 0.1) is 36.7 Å². The van der Waals surface area contributed by atoms with Gasteiger partial charge in [-0.2, -0.15) is 9.61 Å². The quantitative estimate of drug-likeness (QED) is 0.455. The molecular weight excluding hydrogens is 434 g/mol. The summed E-state index contributed by atoms with van der Waals surface area (Å²) in [6.45, 7) is 1.42. The van der Waals surface area contributed by atoms with Crippen LogP contribution in [0.2, 0.25) is 0 Å². The minimum absolute atomic E-state index is 0.0112. The summed E-state index contributed by atoms with van der Waals surface area (Å²) in [5.41, 5.74) is 3.55. The fourth-order valence-corrected chi connectivity index (χ4v) is 4.91. The molecule has 4 aromatic heterocycles. The Balaban J connectivity index is 1.45. The summed E-state index contributed by atoms with van der Waals surface area (Å²) in [6.07, 6.45) is 8.34. The van der Waals surface area contributed by atoms with Crippen LogP contribution in [0.4, 0.5) is 5.82 Å². The highest BCUT2D eigenvalue weighted by Crippen LogP contribution is 2.34. The summed E-state index contributed by atoms with van der Waals surface area (Å²) < 4.78 is 14.9. The van der Waals surface area contributed by atoms with Crippen molar-refractivity contribution in [2.45, 2.75) is 37.5 Å². The van der Waals surface area contributed by atoms with Gasteiger partial charge in [-0.1, -0.05) is 0 Å². The first-order valence-corrected chi connectivity index (χ1v) is 11.6. The Morgan fingerprint density at radius 3 is 2.91 bits per heavy atom. The van der Waals surface area contributed by atoms with Gasteiger partial charge in [0.1, 0.15) is 17.0 Å². The van der Waals surface area contributed by atoms with Crippen molar-refractivity contribution in [1.29, 1.82) is 0 Å². The number of methoxy groups -OCH3 is 1. The third-order valence-corrected chi connectivity index (χ3v) is 6.97. The van der Waals surface area contributed by atoms with E-state index in [4.69, 9.17) is 14.5 Å². The second-order valence-corrected chi connectivity index (χ2v) is 8.84. The van der Waals surface area contributed by atoms with Gasteiger partial charge >= 0.3 is 0 Å². The Hall–Kier alpha value is -3.50. The molecule has 10 heteroatoms. The van der Waals surface area contributed by atoms with Crippen molar-refractivity contribution >= 4 is 28.4 Å². The highest BCUT2D eigenvalue weighted by atomic mass is 16.5. The largest absolute Gasteiger partial charge is 0.379 e. The SMILES string of the molecule is CNc1cc(-c2cn([C@@H]3CCOC3)c3ncccc23)nc2c(C(=O)N[C@@H]3CC[C@H]3OC)cnn12. The van der Waals surface area contributed by atoms with E-state index in [1.807, 2.05) is 19.2 Å². The Morgan fingerprint density at radius 2 is 2.18 bits per heavy atom. The van der Waals surface area contributed by atoms with Gasteiger partial charge in [-0.05, 0) is 31.4 Å². The summed E-state index contributed by atoms with van der Waals surface area (Å²) in [7, 11) is 3.51. The molecule has 5 heterocycles. The van der Waals surface area contributed by atoms with Crippen LogP contribution in [0.5, 0.6) is 0 Å². The molecule has 1 saturated carbocycles. The van der Waals surface area contributed by atoms with Crippen LogP contribution in [0.3, 0.4) is 0 Å². The standard InChI is InChI=1S/C24H27N7O3/c1-25-21-10-19(17-12-30(14-7-9-34-13-14)22-15(17)4-3-8-26-22)28-23-16(11-27-31(21)23)24(32)29-18-5-6-20(18)33-2/h3-4,8,10-12,14,18,20,25H,5-7,9,13H2,1-2H3,(H,29,32)/t14-,18-,20-/m1/s1. The lowest BCUT2D eigenvalue weighted by molar-refractivity contribution is 0.00732. The second kappa shape index (κ2) is 8.37. The van der Waals surface area contributed by atoms with Crippen molar-refractivity contribution in [2.75, 3.05) is 32.7 Å². The third-order valence-electron chi connectivity index (χ3n) is 6.97. The first-order valence-electron chi connectivity index (χ1n) is 11.6. The number of anilines is 1. The monoisotopic (exact) mass is 461 g/mol. The van der Waals surface area contributed by atoms with Crippen LogP contribution in [0.25, 0.3) is 27.9 Å². The Labute approximate surface area is 196 Å². The van der Waals surface area contributed by atoms with E-state index in [0.717, 1.165) is 54.0 Å². The van der Waals surface area contributed by atoms with Gasteiger partial charge in [0.2, 0.25) is 0 Å². The van der Waals surface area contributed by atoms with Crippen LogP contribution in [0.1, 0.15) is 35.7 Å². The smallest absolute Gasteiger partial charge is 0.257 e. The van der Waals surface area contributed by atoms with Crippen LogP contribution in [-0.4, -0.2) is 69.6 Å². The van der Waals surface area contributed by atoms with E-state index in [0.29, 0.717) is 17.8 Å². The number of fused-ring (bicyclic) bond motifs is 2. The van der Waals surface area contributed by atoms with Crippen LogP contribution in [0, 0.1) is 0 Å². The van der Waals surface area contributed by atoms with E-state index in [9.17, 15) is 4.79 Å². The summed E-state index contributed by atoms with van der Waals surface area (Å²) in [4.78, 5) is 22.7. The molecule has 34 heavy (non-hydrogen) atoms. The zero-order valence-electron chi connectivity index (χ0n) is 19.2. The number of nitrogens with one attached hydrogen (secondary N) is 2. The summed E-state index contributed by atoms with van der Waals surface area (Å²) in [5.74, 6) is 0.548. The van der Waals surface area contributed by atoms with Crippen molar-refractivity contribution in [2.24, 2.45) is 0 Å². The number of carbonyl (C=O) groups is 1. The highest BCUT2D eigenvalue weighted by molar-refractivity contribution is 6.01. The van der Waals surface area contributed by atoms with Gasteiger partial charge in [0.25, 0.3) is 5.91 Å². The van der Waals surface area contributed by atoms with Gasteiger partial charge in [-0.15, -0.1) is 0 Å². The zero-order valence-corrected chi connectivity index (χ0v) is 19.2. The lowest BCUT2D eigenvalue weighted by atomic mass is 9.89. The minimum Gasteiger partial charge on any atom is -0.379 e. The molecule has 0 aromatic carbocycles. The average Bonchev–Trinajstić information content (AvgIpc) is 3.59. The number of pyridine rings is 1. The Morgan fingerprint density at radius 1 is 1.26 bits per heavy atom. The van der Waals surface area contributed by atoms with Crippen molar-refractivity contribution in [1.82, 2.24) is 29.5 Å². The average molecular weight is 462 g/mol. The maximum Gasteiger partial charge on any atom is 0.257 e. The van der Waals surface area contributed by atoms with Crippen LogP contribution < -0.4 is 10.6 Å². The molecule has 1 saturated heterocycles. The lowest BCUT2D eigenvalue weighted by Gasteiger charge is -2.35. The number of nitrogens with zero attached hydrogens (tertiary/aromatic N) is 5. The van der Waals surface area contributed by atoms with Gasteiger partial charge in [0, 0.05) is 50.2 Å². The molecule has 1 aliphatic carbocycles. The summed E-state index contributed by atoms with van der Waals surface area (Å²) in [6, 6.07) is 6.19. The maximum absolute atomic E-state index is 13.1. The number of aromatic nitrogens is 5. The number of amides is 1. The van der Waals surface area contributed by atoms with Crippen molar-refractivity contribution in [3.05, 3.63) is 42.4 Å². The molecule has 0 unspecified atom stereocenters. The van der Waals surface area contributed by atoms with Crippen molar-refractivity contribution < 1.29 is 14.3 Å². The van der Waals surface area contributed by atoms with Crippen LogP contribution >= 0.6 is 0 Å². The van der Waals surface area contributed by atoms with Gasteiger partial charge in [0.15, 0.2) is 5.65 Å². The number of hydrogen-bond acceptors (Lipinski definition) is 7. The molecule has 1 amide bonds. The molecular formula is C24H27N7O3. The maximum atomic E-state index is 13.1. The second-order valence-electron chi connectivity index (χ2n) is 8.84. The van der Waals surface area contributed by atoms with E-state index < -0.39 is 0 Å². The summed E-state index contributed by atoms with van der Waals surface area (Å²) in [5, 5.41) is 11.7. The first-order chi connectivity index (χ1) is 16.7. The van der Waals surface area contributed by atoms with Crippen molar-refractivity contribution in [3.63, 3.8) is 0 Å². The molecule has 2 fully saturated rings. The van der Waals surface area contributed by atoms with E-state index >= 15 is 0 Å². The first kappa shape index (κ1) is 21.1. The Kier molecular flexibility index (Phi) is 5.19. The summed E-state index contributed by atoms with van der Waals surface area (Å²) >= 11 is 0. The molecule has 3 atom stereocenters. The minimum atomic E-state index is -0.194. The number of carbonyl (C=O) groups excluding carboxylic acids is 1. The van der Waals surface area contributed by atoms with E-state index in [2.05, 4.69) is 37.5 Å². The van der Waals surface area contributed by atoms with Crippen molar-refractivity contribution in [3.8, 4) is 11.3 Å². The lowest BCUT2D eigenvalue weighted by Crippen LogP contribution is -2.51. The predicted molar refractivity (Wildman–Crippen MR) is 127 cm³/mol. The number of rotatable bonds is 6.